The van der Waals surface area contributed by atoms with Crippen LogP contribution in [0.3, 0.4) is 0 Å². The second kappa shape index (κ2) is 18.4. The smallest absolute Gasteiger partial charge is 0.263 e. The van der Waals surface area contributed by atoms with Crippen LogP contribution in [0, 0.1) is 11.8 Å². The van der Waals surface area contributed by atoms with Gasteiger partial charge in [-0.1, -0.05) is 24.7 Å². The van der Waals surface area contributed by atoms with Crippen LogP contribution in [-0.2, 0) is 14.2 Å². The fraction of sp³-hybridized carbons (Fsp3) is 0.500. The summed E-state index contributed by atoms with van der Waals surface area (Å²) in [7, 11) is 0. The lowest BCUT2D eigenvalue weighted by Crippen LogP contribution is -2.28. The number of rotatable bonds is 17. The summed E-state index contributed by atoms with van der Waals surface area (Å²) in [5.74, 6) is 5.64. The topological polar surface area (TPSA) is 203 Å². The Kier molecular flexibility index (Phi) is 14.0. The molecule has 47 heavy (non-hydrogen) atoms. The van der Waals surface area contributed by atoms with Crippen molar-refractivity contribution in [3.05, 3.63) is 57.5 Å². The summed E-state index contributed by atoms with van der Waals surface area (Å²) in [6.07, 6.45) is 3.64. The zero-order valence-corrected chi connectivity index (χ0v) is 26.8. The van der Waals surface area contributed by atoms with Gasteiger partial charge in [-0.2, -0.15) is 4.98 Å². The number of alkyl halides is 1. The number of nitrogens with one attached hydrogen (secondary N) is 3. The van der Waals surface area contributed by atoms with Crippen LogP contribution in [0.15, 0.2) is 35.3 Å². The summed E-state index contributed by atoms with van der Waals surface area (Å²) in [4.78, 5) is 44.5. The maximum atomic E-state index is 12.7. The predicted octanol–water partition coefficient (Wildman–Crippen LogP) is 1.29. The number of halogens is 1. The molecule has 7 N–H and O–H groups in total. The highest BCUT2D eigenvalue weighted by Gasteiger charge is 2.35. The average Bonchev–Trinajstić information content (AvgIpc) is 3.63. The Morgan fingerprint density at radius 3 is 2.43 bits per heavy atom. The lowest BCUT2D eigenvalue weighted by atomic mass is 10.1. The van der Waals surface area contributed by atoms with E-state index in [1.807, 2.05) is 0 Å². The van der Waals surface area contributed by atoms with Crippen molar-refractivity contribution in [2.45, 2.75) is 50.5 Å². The molecular formula is C32H41ClN6O8. The molecule has 3 atom stereocenters. The van der Waals surface area contributed by atoms with E-state index in [0.717, 1.165) is 25.7 Å². The molecule has 4 rings (SSSR count). The molecule has 2 aromatic heterocycles. The van der Waals surface area contributed by atoms with Gasteiger partial charge in [0.05, 0.1) is 50.0 Å². The average molecular weight is 673 g/mol. The molecule has 15 heteroatoms. The van der Waals surface area contributed by atoms with Crippen molar-refractivity contribution in [3.63, 3.8) is 0 Å². The van der Waals surface area contributed by atoms with Gasteiger partial charge in [-0.3, -0.25) is 19.4 Å². The number of aromatic nitrogens is 3. The van der Waals surface area contributed by atoms with E-state index in [4.69, 9.17) is 31.5 Å². The fourth-order valence-electron chi connectivity index (χ4n) is 4.99. The van der Waals surface area contributed by atoms with Crippen molar-refractivity contribution >= 4 is 40.4 Å². The summed E-state index contributed by atoms with van der Waals surface area (Å²) in [5.41, 5.74) is 6.54. The highest BCUT2D eigenvalue weighted by atomic mass is 35.5. The number of H-pyrrole nitrogens is 1. The minimum absolute atomic E-state index is 0.0289. The number of unbranched alkanes of at least 4 members (excludes halogenated alkanes) is 3. The molecule has 2 unspecified atom stereocenters. The number of nitrogens with two attached hydrogens (primary N) is 1. The molecule has 1 saturated heterocycles. The Labute approximate surface area is 276 Å². The van der Waals surface area contributed by atoms with Crippen molar-refractivity contribution in [3.8, 4) is 11.8 Å². The molecule has 0 aliphatic carbocycles. The van der Waals surface area contributed by atoms with Gasteiger partial charge in [-0.15, -0.1) is 11.6 Å². The number of carbonyl (C=O) groups is 2. The van der Waals surface area contributed by atoms with Gasteiger partial charge >= 0.3 is 0 Å². The third-order valence-electron chi connectivity index (χ3n) is 7.44. The number of aromatic amines is 1. The predicted molar refractivity (Wildman–Crippen MR) is 175 cm³/mol. The van der Waals surface area contributed by atoms with Crippen molar-refractivity contribution in [1.29, 1.82) is 0 Å². The van der Waals surface area contributed by atoms with Crippen LogP contribution in [-0.4, -0.2) is 101 Å². The number of nitrogens with zero attached hydrogens (tertiary/aromatic N) is 2. The number of aliphatic hydroxyl groups is 2. The third-order valence-corrected chi connectivity index (χ3v) is 7.71. The van der Waals surface area contributed by atoms with Gasteiger partial charge < -0.3 is 45.4 Å². The molecule has 0 saturated carbocycles. The van der Waals surface area contributed by atoms with Gasteiger partial charge in [-0.25, -0.2) is 0 Å². The molecule has 0 spiro atoms. The van der Waals surface area contributed by atoms with E-state index < -0.39 is 29.9 Å². The zero-order valence-electron chi connectivity index (χ0n) is 26.0. The van der Waals surface area contributed by atoms with E-state index in [2.05, 4.69) is 32.4 Å². The molecule has 2 amide bonds. The number of fused-ring (bicyclic) bond motifs is 1. The maximum Gasteiger partial charge on any atom is 0.263 e. The summed E-state index contributed by atoms with van der Waals surface area (Å²) in [6.45, 7) is 1.95. The number of amides is 2. The SMILES string of the molecule is Nc1nc2c(c(C#CCNC(=O)c3ccc(C(=O)NCCOCCOCCCCCCCl)cc3)cn2[C@H]2CC(O)C(CO)O2)c(=O)[nH]1. The van der Waals surface area contributed by atoms with E-state index in [1.54, 1.807) is 35.0 Å². The molecule has 3 aromatic rings. The van der Waals surface area contributed by atoms with Gasteiger partial charge in [-0.05, 0) is 37.1 Å². The standard InChI is InChI=1S/C32H41ClN6O8/c33-11-3-1-2-4-14-45-16-17-46-15-13-36-30(43)22-9-7-21(8-10-22)29(42)35-12-5-6-23-19-39(26-18-24(41)25(20-40)47-26)28-27(23)31(44)38-32(34)37-28/h7-10,19,24-26,40-41H,1-4,11-18,20H2,(H,35,42)(H,36,43)(H3,34,37,38,44)/t24?,25?,26-/m1/s1. The van der Waals surface area contributed by atoms with Crippen LogP contribution in [0.4, 0.5) is 5.95 Å². The molecule has 0 bridgehead atoms. The maximum absolute atomic E-state index is 12.7. The largest absolute Gasteiger partial charge is 0.394 e. The first kappa shape index (κ1) is 35.9. The monoisotopic (exact) mass is 672 g/mol. The Morgan fingerprint density at radius 2 is 1.74 bits per heavy atom. The lowest BCUT2D eigenvalue weighted by molar-refractivity contribution is -0.0430. The number of hydrogen-bond acceptors (Lipinski definition) is 10. The number of aliphatic hydroxyl groups excluding tert-OH is 2. The summed E-state index contributed by atoms with van der Waals surface area (Å²) in [6, 6.07) is 6.20. The summed E-state index contributed by atoms with van der Waals surface area (Å²) >= 11 is 5.66. The third kappa shape index (κ3) is 10.3. The molecule has 1 fully saturated rings. The molecule has 254 valence electrons. The van der Waals surface area contributed by atoms with Gasteiger partial charge in [0.2, 0.25) is 5.95 Å². The van der Waals surface area contributed by atoms with E-state index in [1.165, 1.54) is 0 Å². The van der Waals surface area contributed by atoms with Crippen LogP contribution in [0.5, 0.6) is 0 Å². The first-order chi connectivity index (χ1) is 22.8. The van der Waals surface area contributed by atoms with Crippen LogP contribution in [0.25, 0.3) is 11.0 Å². The van der Waals surface area contributed by atoms with E-state index in [-0.39, 0.29) is 42.5 Å². The van der Waals surface area contributed by atoms with Crippen molar-refractivity contribution in [2.24, 2.45) is 0 Å². The zero-order chi connectivity index (χ0) is 33.6. The lowest BCUT2D eigenvalue weighted by Gasteiger charge is -2.14. The van der Waals surface area contributed by atoms with Gasteiger partial charge in [0, 0.05) is 42.8 Å². The van der Waals surface area contributed by atoms with Gasteiger partial charge in [0.25, 0.3) is 17.4 Å². The number of ether oxygens (including phenoxy) is 3. The first-order valence-electron chi connectivity index (χ1n) is 15.5. The molecule has 1 aliphatic heterocycles. The quantitative estimate of drug-likeness (QED) is 0.0689. The highest BCUT2D eigenvalue weighted by molar-refractivity contribution is 6.17. The number of hydrogen-bond donors (Lipinski definition) is 6. The van der Waals surface area contributed by atoms with Crippen LogP contribution in [0.2, 0.25) is 0 Å². The normalized spacial score (nSPS) is 17.4. The van der Waals surface area contributed by atoms with Crippen LogP contribution < -0.4 is 21.9 Å². The Balaban J connectivity index is 1.22. The number of benzene rings is 1. The minimum Gasteiger partial charge on any atom is -0.394 e. The van der Waals surface area contributed by atoms with Gasteiger partial charge in [0.1, 0.15) is 12.3 Å². The van der Waals surface area contributed by atoms with E-state index >= 15 is 0 Å². The number of nitrogen functional groups attached to an aromatic ring is 1. The molecule has 1 aliphatic rings. The van der Waals surface area contributed by atoms with Crippen LogP contribution >= 0.6 is 11.6 Å². The number of carbonyl (C=O) groups excluding carboxylic acids is 2. The van der Waals surface area contributed by atoms with E-state index in [0.29, 0.717) is 55.5 Å². The van der Waals surface area contributed by atoms with Crippen molar-refractivity contribution in [1.82, 2.24) is 25.2 Å². The Morgan fingerprint density at radius 1 is 1.06 bits per heavy atom. The minimum atomic E-state index is -0.891. The first-order valence-corrected chi connectivity index (χ1v) is 16.1. The Bertz CT molecular complexity index is 1600. The Hall–Kier alpha value is -3.97. The summed E-state index contributed by atoms with van der Waals surface area (Å²) < 4.78 is 18.3. The van der Waals surface area contributed by atoms with Crippen molar-refractivity contribution in [2.75, 3.05) is 57.7 Å². The van der Waals surface area contributed by atoms with Gasteiger partial charge in [0.15, 0.2) is 5.65 Å². The van der Waals surface area contributed by atoms with Crippen LogP contribution in [0.1, 0.15) is 64.6 Å². The van der Waals surface area contributed by atoms with E-state index in [9.17, 15) is 24.6 Å². The fourth-order valence-corrected chi connectivity index (χ4v) is 5.18. The number of anilines is 1. The molecule has 14 nitrogen and oxygen atoms in total. The second-order valence-electron chi connectivity index (χ2n) is 10.9. The van der Waals surface area contributed by atoms with Crippen molar-refractivity contribution < 1.29 is 34.0 Å². The highest BCUT2D eigenvalue weighted by Crippen LogP contribution is 2.32. The molecule has 0 radical (unpaired) electrons. The molecular weight excluding hydrogens is 632 g/mol. The second-order valence-corrected chi connectivity index (χ2v) is 11.2. The molecule has 3 heterocycles. The summed E-state index contributed by atoms with van der Waals surface area (Å²) in [5, 5.41) is 25.3. The molecule has 1 aromatic carbocycles.